The average molecular weight is 511 g/mol. The lowest BCUT2D eigenvalue weighted by Gasteiger charge is -2.44. The second-order valence-corrected chi connectivity index (χ2v) is 11.2. The molecule has 6 nitrogen and oxygen atoms in total. The number of fused-ring (bicyclic) bond motifs is 3. The lowest BCUT2D eigenvalue weighted by atomic mass is 9.75. The van der Waals surface area contributed by atoms with Crippen LogP contribution in [-0.4, -0.2) is 42.5 Å². The summed E-state index contributed by atoms with van der Waals surface area (Å²) in [4.78, 5) is 31.3. The van der Waals surface area contributed by atoms with E-state index in [4.69, 9.17) is 0 Å². The van der Waals surface area contributed by atoms with Crippen molar-refractivity contribution in [3.8, 4) is 0 Å². The highest BCUT2D eigenvalue weighted by atomic mass is 16.2. The van der Waals surface area contributed by atoms with Crippen molar-refractivity contribution in [2.75, 3.05) is 23.8 Å². The van der Waals surface area contributed by atoms with Gasteiger partial charge in [-0.15, -0.1) is 0 Å². The maximum Gasteiger partial charge on any atom is 0.321 e. The molecule has 1 unspecified atom stereocenters. The van der Waals surface area contributed by atoms with Crippen molar-refractivity contribution in [1.82, 2.24) is 10.2 Å². The minimum atomic E-state index is -0.186. The minimum Gasteiger partial charge on any atom is -0.381 e. The van der Waals surface area contributed by atoms with Crippen molar-refractivity contribution < 1.29 is 9.59 Å². The highest BCUT2D eigenvalue weighted by Gasteiger charge is 2.49. The van der Waals surface area contributed by atoms with Crippen LogP contribution in [0.4, 0.5) is 16.2 Å². The minimum absolute atomic E-state index is 0.0783. The van der Waals surface area contributed by atoms with Crippen LogP contribution in [0.15, 0.2) is 78.9 Å². The largest absolute Gasteiger partial charge is 0.381 e. The van der Waals surface area contributed by atoms with Gasteiger partial charge in [-0.2, -0.15) is 0 Å². The molecule has 1 saturated heterocycles. The molecule has 4 aliphatic rings. The fraction of sp³-hybridized carbons (Fsp3) is 0.438. The Labute approximate surface area is 225 Å². The van der Waals surface area contributed by atoms with E-state index in [0.717, 1.165) is 56.4 Å². The van der Waals surface area contributed by atoms with Gasteiger partial charge in [0.2, 0.25) is 5.91 Å². The molecule has 2 aromatic rings. The Kier molecular flexibility index (Phi) is 6.96. The van der Waals surface area contributed by atoms with E-state index in [1.165, 1.54) is 5.56 Å². The third-order valence-corrected chi connectivity index (χ3v) is 9.11. The molecule has 6 heteroatoms. The first-order valence-corrected chi connectivity index (χ1v) is 14.2. The first kappa shape index (κ1) is 24.8. The topological polar surface area (TPSA) is 64.7 Å². The van der Waals surface area contributed by atoms with E-state index in [-0.39, 0.29) is 29.9 Å². The molecule has 0 aromatic heterocycles. The Morgan fingerprint density at radius 3 is 2.58 bits per heavy atom. The highest BCUT2D eigenvalue weighted by Crippen LogP contribution is 2.49. The van der Waals surface area contributed by atoms with Gasteiger partial charge in [-0.05, 0) is 49.4 Å². The number of para-hydroxylation sites is 2. The maximum absolute atomic E-state index is 14.3. The molecule has 2 fully saturated rings. The van der Waals surface area contributed by atoms with Crippen molar-refractivity contribution in [2.24, 2.45) is 17.8 Å². The number of amides is 3. The summed E-state index contributed by atoms with van der Waals surface area (Å²) in [5.41, 5.74) is 3.23. The number of nitrogens with zero attached hydrogens (tertiary/aromatic N) is 2. The predicted molar refractivity (Wildman–Crippen MR) is 152 cm³/mol. The molecular formula is C32H38N4O2. The number of benzene rings is 2. The van der Waals surface area contributed by atoms with Crippen molar-refractivity contribution >= 4 is 23.3 Å². The average Bonchev–Trinajstić information content (AvgIpc) is 3.43. The van der Waals surface area contributed by atoms with Crippen LogP contribution in [0.5, 0.6) is 0 Å². The molecule has 0 spiro atoms. The number of urea groups is 1. The zero-order chi connectivity index (χ0) is 26.1. The number of allylic oxidation sites excluding steroid dienone is 3. The predicted octanol–water partition coefficient (Wildman–Crippen LogP) is 5.91. The number of carbonyl (C=O) groups excluding carboxylic acids is 2. The van der Waals surface area contributed by atoms with Crippen LogP contribution < -0.4 is 15.5 Å². The molecular weight excluding hydrogens is 472 g/mol. The summed E-state index contributed by atoms with van der Waals surface area (Å²) >= 11 is 0. The normalized spacial score (nSPS) is 29.7. The number of likely N-dealkylation sites (tertiary alicyclic amines) is 1. The Morgan fingerprint density at radius 1 is 0.974 bits per heavy atom. The quantitative estimate of drug-likeness (QED) is 0.538. The number of anilines is 2. The Morgan fingerprint density at radius 2 is 1.76 bits per heavy atom. The van der Waals surface area contributed by atoms with Crippen molar-refractivity contribution in [2.45, 2.75) is 56.7 Å². The SMILES string of the molecule is CN(C(=O)N[C@@H]1CCCC[C@@H]1C(=O)N1CC[C@@H]2[C@H](C3C=CC=CC3)Nc3ccccc3[C@@H]21)c1ccccc1. The standard InChI is InChI=1S/C32H38N4O2/c1-35(23-14-6-3-7-15-23)32(38)34-28-19-11-9-17-25(28)31(37)36-21-20-26-29(22-12-4-2-5-13-22)33-27-18-10-8-16-24(27)30(26)36/h2-8,10,12,14-16,18,22,25-26,28-30,33H,9,11,13,17,19-21H2,1H3,(H,34,38)/t22?,25-,26+,28+,29-,30-/m0/s1. The summed E-state index contributed by atoms with van der Waals surface area (Å²) in [6.45, 7) is 0.772. The van der Waals surface area contributed by atoms with Gasteiger partial charge in [0.05, 0.1) is 12.0 Å². The Hall–Kier alpha value is -3.54. The Bertz CT molecular complexity index is 1220. The Balaban J connectivity index is 1.23. The smallest absolute Gasteiger partial charge is 0.321 e. The van der Waals surface area contributed by atoms with E-state index >= 15 is 0 Å². The monoisotopic (exact) mass is 510 g/mol. The number of hydrogen-bond donors (Lipinski definition) is 2. The van der Waals surface area contributed by atoms with Gasteiger partial charge in [0.1, 0.15) is 0 Å². The van der Waals surface area contributed by atoms with E-state index in [0.29, 0.717) is 17.9 Å². The lowest BCUT2D eigenvalue weighted by Crippen LogP contribution is -2.53. The van der Waals surface area contributed by atoms with Gasteiger partial charge >= 0.3 is 6.03 Å². The van der Waals surface area contributed by atoms with E-state index < -0.39 is 0 Å². The summed E-state index contributed by atoms with van der Waals surface area (Å²) in [6.07, 6.45) is 14.6. The number of carbonyl (C=O) groups is 2. The molecule has 1 saturated carbocycles. The fourth-order valence-electron chi connectivity index (χ4n) is 7.14. The second kappa shape index (κ2) is 10.7. The molecule has 6 atom stereocenters. The molecule has 38 heavy (non-hydrogen) atoms. The number of rotatable bonds is 4. The van der Waals surface area contributed by atoms with Crippen LogP contribution in [0.1, 0.15) is 50.1 Å². The number of hydrogen-bond acceptors (Lipinski definition) is 3. The van der Waals surface area contributed by atoms with Crippen LogP contribution in [0.25, 0.3) is 0 Å². The van der Waals surface area contributed by atoms with E-state index in [1.54, 1.807) is 11.9 Å². The summed E-state index contributed by atoms with van der Waals surface area (Å²) in [5, 5.41) is 7.09. The van der Waals surface area contributed by atoms with E-state index in [2.05, 4.69) is 64.1 Å². The first-order chi connectivity index (χ1) is 18.6. The zero-order valence-corrected chi connectivity index (χ0v) is 22.1. The molecule has 0 radical (unpaired) electrons. The van der Waals surface area contributed by atoms with Gasteiger partial charge in [-0.25, -0.2) is 4.79 Å². The molecule has 2 aromatic carbocycles. The van der Waals surface area contributed by atoms with Crippen molar-refractivity contribution in [1.29, 1.82) is 0 Å². The highest BCUT2D eigenvalue weighted by molar-refractivity contribution is 5.92. The molecule has 3 amide bonds. The van der Waals surface area contributed by atoms with E-state index in [1.807, 2.05) is 30.3 Å². The van der Waals surface area contributed by atoms with Crippen LogP contribution in [-0.2, 0) is 4.79 Å². The van der Waals surface area contributed by atoms with Gasteiger partial charge in [0, 0.05) is 48.9 Å². The van der Waals surface area contributed by atoms with Crippen molar-refractivity contribution in [3.05, 3.63) is 84.5 Å². The summed E-state index contributed by atoms with van der Waals surface area (Å²) in [6, 6.07) is 18.3. The second-order valence-electron chi connectivity index (χ2n) is 11.2. The van der Waals surface area contributed by atoms with Crippen LogP contribution in [0, 0.1) is 17.8 Å². The third kappa shape index (κ3) is 4.61. The molecule has 2 heterocycles. The first-order valence-electron chi connectivity index (χ1n) is 14.2. The molecule has 2 aliphatic carbocycles. The van der Waals surface area contributed by atoms with E-state index in [9.17, 15) is 9.59 Å². The fourth-order valence-corrected chi connectivity index (χ4v) is 7.14. The van der Waals surface area contributed by atoms with Gasteiger partial charge in [-0.3, -0.25) is 9.69 Å². The molecule has 198 valence electrons. The molecule has 2 N–H and O–H groups in total. The van der Waals surface area contributed by atoms with Gasteiger partial charge in [-0.1, -0.05) is 73.5 Å². The van der Waals surface area contributed by atoms with Gasteiger partial charge in [0.15, 0.2) is 0 Å². The summed E-state index contributed by atoms with van der Waals surface area (Å²) in [5.74, 6) is 0.815. The summed E-state index contributed by atoms with van der Waals surface area (Å²) < 4.78 is 0. The van der Waals surface area contributed by atoms with Crippen LogP contribution in [0.3, 0.4) is 0 Å². The van der Waals surface area contributed by atoms with Gasteiger partial charge < -0.3 is 15.5 Å². The zero-order valence-electron chi connectivity index (χ0n) is 22.1. The van der Waals surface area contributed by atoms with Crippen LogP contribution >= 0.6 is 0 Å². The molecule has 0 bridgehead atoms. The third-order valence-electron chi connectivity index (χ3n) is 9.11. The molecule has 2 aliphatic heterocycles. The lowest BCUT2D eigenvalue weighted by molar-refractivity contribution is -0.138. The molecule has 6 rings (SSSR count). The van der Waals surface area contributed by atoms with Gasteiger partial charge in [0.25, 0.3) is 0 Å². The van der Waals surface area contributed by atoms with Crippen LogP contribution in [0.2, 0.25) is 0 Å². The number of nitrogens with one attached hydrogen (secondary N) is 2. The summed E-state index contributed by atoms with van der Waals surface area (Å²) in [7, 11) is 1.79. The maximum atomic E-state index is 14.3. The van der Waals surface area contributed by atoms with Crippen molar-refractivity contribution in [3.63, 3.8) is 0 Å².